The first kappa shape index (κ1) is 14.5. The lowest BCUT2D eigenvalue weighted by molar-refractivity contribution is 0.238. The highest BCUT2D eigenvalue weighted by atomic mass is 19.2. The predicted octanol–water partition coefficient (Wildman–Crippen LogP) is 5.67. The van der Waals surface area contributed by atoms with E-state index in [1.807, 2.05) is 0 Å². The van der Waals surface area contributed by atoms with Gasteiger partial charge in [-0.05, 0) is 48.3 Å². The Bertz CT molecular complexity index is 406. The lowest BCUT2D eigenvalue weighted by Crippen LogP contribution is -2.19. The van der Waals surface area contributed by atoms with Crippen molar-refractivity contribution >= 4 is 0 Å². The van der Waals surface area contributed by atoms with Crippen LogP contribution in [0.4, 0.5) is 8.78 Å². The van der Waals surface area contributed by atoms with E-state index in [9.17, 15) is 8.78 Å². The molecule has 106 valence electrons. The Morgan fingerprint density at radius 2 is 1.79 bits per heavy atom. The van der Waals surface area contributed by atoms with Gasteiger partial charge < -0.3 is 0 Å². The molecule has 0 N–H and O–H groups in total. The first-order valence-corrected chi connectivity index (χ1v) is 7.56. The minimum Gasteiger partial charge on any atom is -0.204 e. The van der Waals surface area contributed by atoms with Crippen LogP contribution < -0.4 is 0 Å². The van der Waals surface area contributed by atoms with Gasteiger partial charge in [-0.3, -0.25) is 0 Å². The molecule has 0 aromatic heterocycles. The maximum atomic E-state index is 13.3. The molecule has 0 radical (unpaired) electrons. The topological polar surface area (TPSA) is 0 Å². The predicted molar refractivity (Wildman–Crippen MR) is 75.1 cm³/mol. The number of hydrogen-bond donors (Lipinski definition) is 0. The Labute approximate surface area is 115 Å². The van der Waals surface area contributed by atoms with Crippen LogP contribution in [0.3, 0.4) is 0 Å². The highest BCUT2D eigenvalue weighted by molar-refractivity contribution is 5.22. The summed E-state index contributed by atoms with van der Waals surface area (Å²) in [6, 6.07) is 4.36. The third-order valence-corrected chi connectivity index (χ3v) is 4.76. The maximum Gasteiger partial charge on any atom is 0.159 e. The third-order valence-electron chi connectivity index (χ3n) is 4.76. The van der Waals surface area contributed by atoms with Crippen LogP contribution in [0.15, 0.2) is 18.2 Å². The summed E-state index contributed by atoms with van der Waals surface area (Å²) < 4.78 is 26.3. The van der Waals surface area contributed by atoms with E-state index in [2.05, 4.69) is 13.8 Å². The van der Waals surface area contributed by atoms with Gasteiger partial charge in [0, 0.05) is 0 Å². The lowest BCUT2D eigenvalue weighted by atomic mass is 9.73. The molecule has 0 nitrogen and oxygen atoms in total. The normalized spacial score (nSPS) is 25.3. The van der Waals surface area contributed by atoms with E-state index in [0.717, 1.165) is 11.5 Å². The molecule has 1 aliphatic carbocycles. The standard InChI is InChI=1S/C17H24F2/c1-3-4-13-5-7-14(8-6-13)12(2)15-9-10-16(18)17(19)11-15/h9-14H,3-8H2,1-2H3. The molecule has 0 aliphatic heterocycles. The molecule has 0 amide bonds. The van der Waals surface area contributed by atoms with Gasteiger partial charge in [0.2, 0.25) is 0 Å². The van der Waals surface area contributed by atoms with E-state index in [1.165, 1.54) is 50.7 Å². The number of hydrogen-bond acceptors (Lipinski definition) is 0. The fourth-order valence-corrected chi connectivity index (χ4v) is 3.45. The number of halogens is 2. The van der Waals surface area contributed by atoms with E-state index in [-0.39, 0.29) is 0 Å². The molecule has 1 unspecified atom stereocenters. The second-order valence-electron chi connectivity index (χ2n) is 6.03. The Balaban J connectivity index is 1.97. The van der Waals surface area contributed by atoms with E-state index in [1.54, 1.807) is 6.07 Å². The zero-order valence-corrected chi connectivity index (χ0v) is 12.0. The lowest BCUT2D eigenvalue weighted by Gasteiger charge is -2.32. The molecule has 0 spiro atoms. The van der Waals surface area contributed by atoms with Gasteiger partial charge in [-0.1, -0.05) is 45.6 Å². The van der Waals surface area contributed by atoms with Crippen molar-refractivity contribution < 1.29 is 8.78 Å². The zero-order valence-electron chi connectivity index (χ0n) is 12.0. The van der Waals surface area contributed by atoms with Gasteiger partial charge in [-0.2, -0.15) is 0 Å². The highest BCUT2D eigenvalue weighted by Gasteiger charge is 2.26. The second-order valence-corrected chi connectivity index (χ2v) is 6.03. The molecule has 1 saturated carbocycles. The Morgan fingerprint density at radius 1 is 1.11 bits per heavy atom. The quantitative estimate of drug-likeness (QED) is 0.658. The average Bonchev–Trinajstić information content (AvgIpc) is 2.42. The van der Waals surface area contributed by atoms with Gasteiger partial charge in [0.05, 0.1) is 0 Å². The second kappa shape index (κ2) is 6.49. The summed E-state index contributed by atoms with van der Waals surface area (Å²) in [5.74, 6) is 0.376. The molecule has 2 heteroatoms. The molecule has 1 atom stereocenters. The SMILES string of the molecule is CCCC1CCC(C(C)c2ccc(F)c(F)c2)CC1. The van der Waals surface area contributed by atoms with E-state index < -0.39 is 11.6 Å². The van der Waals surface area contributed by atoms with E-state index in [4.69, 9.17) is 0 Å². The largest absolute Gasteiger partial charge is 0.204 e. The van der Waals surface area contributed by atoms with Crippen molar-refractivity contribution in [1.29, 1.82) is 0 Å². The van der Waals surface area contributed by atoms with Crippen LogP contribution >= 0.6 is 0 Å². The van der Waals surface area contributed by atoms with Crippen molar-refractivity contribution in [1.82, 2.24) is 0 Å². The van der Waals surface area contributed by atoms with Gasteiger partial charge in [0.25, 0.3) is 0 Å². The van der Waals surface area contributed by atoms with Gasteiger partial charge in [-0.15, -0.1) is 0 Å². The van der Waals surface area contributed by atoms with Gasteiger partial charge >= 0.3 is 0 Å². The molecule has 2 rings (SSSR count). The minimum atomic E-state index is -0.748. The summed E-state index contributed by atoms with van der Waals surface area (Å²) in [7, 11) is 0. The van der Waals surface area contributed by atoms with Gasteiger partial charge in [0.15, 0.2) is 11.6 Å². The van der Waals surface area contributed by atoms with Crippen LogP contribution in [-0.4, -0.2) is 0 Å². The van der Waals surface area contributed by atoms with Crippen molar-refractivity contribution in [2.24, 2.45) is 11.8 Å². The summed E-state index contributed by atoms with van der Waals surface area (Å²) in [5, 5.41) is 0. The minimum absolute atomic E-state index is 0.331. The van der Waals surface area contributed by atoms with Crippen LogP contribution in [0.5, 0.6) is 0 Å². The molecule has 1 aromatic carbocycles. The zero-order chi connectivity index (χ0) is 13.8. The molecule has 0 saturated heterocycles. The molecule has 0 heterocycles. The van der Waals surface area contributed by atoms with Crippen molar-refractivity contribution in [3.05, 3.63) is 35.4 Å². The maximum absolute atomic E-state index is 13.3. The molecule has 1 aromatic rings. The molecular weight excluding hydrogens is 242 g/mol. The van der Waals surface area contributed by atoms with Crippen LogP contribution in [0.25, 0.3) is 0 Å². The summed E-state index contributed by atoms with van der Waals surface area (Å²) >= 11 is 0. The van der Waals surface area contributed by atoms with Crippen molar-refractivity contribution in [2.45, 2.75) is 58.3 Å². The third kappa shape index (κ3) is 3.55. The Hall–Kier alpha value is -0.920. The number of benzene rings is 1. The first-order chi connectivity index (χ1) is 9.11. The fourth-order valence-electron chi connectivity index (χ4n) is 3.45. The molecule has 19 heavy (non-hydrogen) atoms. The Morgan fingerprint density at radius 3 is 2.37 bits per heavy atom. The monoisotopic (exact) mass is 266 g/mol. The van der Waals surface area contributed by atoms with Crippen molar-refractivity contribution in [3.8, 4) is 0 Å². The summed E-state index contributed by atoms with van der Waals surface area (Å²) in [6.07, 6.45) is 7.66. The van der Waals surface area contributed by atoms with Gasteiger partial charge in [0.1, 0.15) is 0 Å². The van der Waals surface area contributed by atoms with Crippen LogP contribution in [0.2, 0.25) is 0 Å². The van der Waals surface area contributed by atoms with E-state index in [0.29, 0.717) is 11.8 Å². The smallest absolute Gasteiger partial charge is 0.159 e. The van der Waals surface area contributed by atoms with Gasteiger partial charge in [-0.25, -0.2) is 8.78 Å². The average molecular weight is 266 g/mol. The van der Waals surface area contributed by atoms with Crippen molar-refractivity contribution in [3.63, 3.8) is 0 Å². The molecule has 1 aliphatic rings. The van der Waals surface area contributed by atoms with Crippen LogP contribution in [0.1, 0.15) is 63.9 Å². The van der Waals surface area contributed by atoms with Crippen LogP contribution in [0, 0.1) is 23.5 Å². The summed E-state index contributed by atoms with van der Waals surface area (Å²) in [5.41, 5.74) is 0.942. The van der Waals surface area contributed by atoms with Crippen molar-refractivity contribution in [2.75, 3.05) is 0 Å². The van der Waals surface area contributed by atoms with Crippen LogP contribution in [-0.2, 0) is 0 Å². The Kier molecular flexibility index (Phi) is 4.95. The summed E-state index contributed by atoms with van der Waals surface area (Å²) in [6.45, 7) is 4.40. The molecule has 1 fully saturated rings. The van der Waals surface area contributed by atoms with E-state index >= 15 is 0 Å². The molecular formula is C17H24F2. The fraction of sp³-hybridized carbons (Fsp3) is 0.647. The number of rotatable bonds is 4. The summed E-state index contributed by atoms with van der Waals surface area (Å²) in [4.78, 5) is 0. The first-order valence-electron chi connectivity index (χ1n) is 7.56. The molecule has 0 bridgehead atoms. The highest BCUT2D eigenvalue weighted by Crippen LogP contribution is 2.39.